The fraction of sp³-hybridized carbons (Fsp3) is 0.0588. The molecule has 4 nitrogen and oxygen atoms in total. The highest BCUT2D eigenvalue weighted by Gasteiger charge is 2.05. The van der Waals surface area contributed by atoms with E-state index in [1.165, 1.54) is 0 Å². The molecule has 0 amide bonds. The second-order valence-electron chi connectivity index (χ2n) is 5.26. The molecular weight excluding hydrogens is 443 g/mol. The highest BCUT2D eigenvalue weighted by atomic mass is 79.9. The Labute approximate surface area is 169 Å². The summed E-state index contributed by atoms with van der Waals surface area (Å²) in [5, 5.41) is 12.0. The van der Waals surface area contributed by atoms with E-state index >= 15 is 0 Å². The molecule has 1 aromatic heterocycles. The van der Waals surface area contributed by atoms with Gasteiger partial charge >= 0.3 is 0 Å². The zero-order chi connectivity index (χ0) is 17.8. The van der Waals surface area contributed by atoms with Gasteiger partial charge in [0, 0.05) is 32.5 Å². The van der Waals surface area contributed by atoms with Gasteiger partial charge in [0.05, 0.1) is 6.54 Å². The van der Waals surface area contributed by atoms with Crippen LogP contribution in [0.15, 0.2) is 59.2 Å². The SMILES string of the molecule is S=C(Nc1cc(Cl)cc(Cl)c1)Nc1ccn(Cc2ccc(Br)cc2)n1. The topological polar surface area (TPSA) is 41.9 Å². The van der Waals surface area contributed by atoms with E-state index in [9.17, 15) is 0 Å². The third-order valence-corrected chi connectivity index (χ3v) is 4.43. The van der Waals surface area contributed by atoms with Crippen molar-refractivity contribution in [3.63, 3.8) is 0 Å². The quantitative estimate of drug-likeness (QED) is 0.487. The molecule has 8 heteroatoms. The van der Waals surface area contributed by atoms with Gasteiger partial charge in [0.2, 0.25) is 0 Å². The number of anilines is 2. The molecule has 0 bridgehead atoms. The molecule has 3 aromatic rings. The number of nitrogens with one attached hydrogen (secondary N) is 2. The molecule has 0 spiro atoms. The minimum absolute atomic E-state index is 0.409. The Hall–Kier alpha value is -1.60. The van der Waals surface area contributed by atoms with Gasteiger partial charge in [-0.05, 0) is 48.1 Å². The minimum atomic E-state index is 0.409. The van der Waals surface area contributed by atoms with Gasteiger partial charge in [-0.2, -0.15) is 5.10 Å². The van der Waals surface area contributed by atoms with Crippen LogP contribution in [0.2, 0.25) is 10.0 Å². The molecule has 25 heavy (non-hydrogen) atoms. The van der Waals surface area contributed by atoms with Gasteiger partial charge in [0.25, 0.3) is 0 Å². The van der Waals surface area contributed by atoms with Gasteiger partial charge in [-0.1, -0.05) is 51.3 Å². The van der Waals surface area contributed by atoms with Crippen LogP contribution in [0.1, 0.15) is 5.56 Å². The van der Waals surface area contributed by atoms with E-state index < -0.39 is 0 Å². The van der Waals surface area contributed by atoms with E-state index in [0.29, 0.717) is 33.2 Å². The maximum atomic E-state index is 5.98. The summed E-state index contributed by atoms with van der Waals surface area (Å²) < 4.78 is 2.89. The predicted molar refractivity (Wildman–Crippen MR) is 112 cm³/mol. The molecule has 3 rings (SSSR count). The summed E-state index contributed by atoms with van der Waals surface area (Å²) in [5.74, 6) is 0.655. The molecular formula is C17H13BrCl2N4S. The Bertz CT molecular complexity index is 876. The molecule has 0 atom stereocenters. The van der Waals surface area contributed by atoms with Crippen molar-refractivity contribution in [1.29, 1.82) is 0 Å². The van der Waals surface area contributed by atoms with Crippen LogP contribution in [0.4, 0.5) is 11.5 Å². The number of rotatable bonds is 4. The minimum Gasteiger partial charge on any atom is -0.332 e. The summed E-state index contributed by atoms with van der Waals surface area (Å²) in [6.07, 6.45) is 1.89. The molecule has 2 aromatic carbocycles. The maximum absolute atomic E-state index is 5.98. The Morgan fingerprint density at radius 2 is 1.72 bits per heavy atom. The average Bonchev–Trinajstić information content (AvgIpc) is 2.95. The van der Waals surface area contributed by atoms with Gasteiger partial charge in [0.1, 0.15) is 0 Å². The van der Waals surface area contributed by atoms with Crippen molar-refractivity contribution in [2.45, 2.75) is 6.54 Å². The summed E-state index contributed by atoms with van der Waals surface area (Å²) in [4.78, 5) is 0. The molecule has 0 radical (unpaired) electrons. The smallest absolute Gasteiger partial charge is 0.176 e. The third-order valence-electron chi connectivity index (χ3n) is 3.26. The molecule has 0 fully saturated rings. The van der Waals surface area contributed by atoms with Crippen LogP contribution in [-0.2, 0) is 6.54 Å². The largest absolute Gasteiger partial charge is 0.332 e. The molecule has 0 aliphatic heterocycles. The first-order valence-corrected chi connectivity index (χ1v) is 9.26. The van der Waals surface area contributed by atoms with Crippen molar-refractivity contribution in [3.8, 4) is 0 Å². The highest BCUT2D eigenvalue weighted by molar-refractivity contribution is 9.10. The second kappa shape index (κ2) is 8.19. The van der Waals surface area contributed by atoms with Crippen molar-refractivity contribution in [3.05, 3.63) is 74.8 Å². The first-order valence-electron chi connectivity index (χ1n) is 7.30. The monoisotopic (exact) mass is 454 g/mol. The van der Waals surface area contributed by atoms with Gasteiger partial charge < -0.3 is 10.6 Å². The fourth-order valence-electron chi connectivity index (χ4n) is 2.20. The summed E-state index contributed by atoms with van der Waals surface area (Å²) in [5.41, 5.74) is 1.87. The molecule has 128 valence electrons. The predicted octanol–water partition coefficient (Wildman–Crippen LogP) is 5.81. The lowest BCUT2D eigenvalue weighted by molar-refractivity contribution is 0.690. The Balaban J connectivity index is 1.60. The zero-order valence-corrected chi connectivity index (χ0v) is 16.8. The average molecular weight is 456 g/mol. The van der Waals surface area contributed by atoms with Crippen LogP contribution in [-0.4, -0.2) is 14.9 Å². The fourth-order valence-corrected chi connectivity index (χ4v) is 3.21. The van der Waals surface area contributed by atoms with Crippen molar-refractivity contribution in [1.82, 2.24) is 9.78 Å². The van der Waals surface area contributed by atoms with Gasteiger partial charge in [-0.3, -0.25) is 4.68 Å². The van der Waals surface area contributed by atoms with E-state index in [4.69, 9.17) is 35.4 Å². The molecule has 0 saturated heterocycles. The number of thiocarbonyl (C=S) groups is 1. The summed E-state index contributed by atoms with van der Waals surface area (Å²) >= 11 is 20.7. The summed E-state index contributed by atoms with van der Waals surface area (Å²) in [6, 6.07) is 15.1. The number of hydrogen-bond acceptors (Lipinski definition) is 2. The van der Waals surface area contributed by atoms with Gasteiger partial charge in [-0.25, -0.2) is 0 Å². The van der Waals surface area contributed by atoms with Crippen LogP contribution in [0.5, 0.6) is 0 Å². The number of hydrogen-bond donors (Lipinski definition) is 2. The van der Waals surface area contributed by atoms with Crippen LogP contribution >= 0.6 is 51.3 Å². The summed E-state index contributed by atoms with van der Waals surface area (Å²) in [6.45, 7) is 0.680. The molecule has 0 unspecified atom stereocenters. The van der Waals surface area contributed by atoms with E-state index in [1.54, 1.807) is 18.2 Å². The van der Waals surface area contributed by atoms with E-state index in [1.807, 2.05) is 41.2 Å². The van der Waals surface area contributed by atoms with E-state index in [2.05, 4.69) is 31.7 Å². The van der Waals surface area contributed by atoms with Crippen LogP contribution in [0, 0.1) is 0 Å². The Kier molecular flexibility index (Phi) is 5.96. The van der Waals surface area contributed by atoms with Crippen molar-refractivity contribution >= 4 is 68.0 Å². The van der Waals surface area contributed by atoms with Crippen LogP contribution in [0.25, 0.3) is 0 Å². The number of halogens is 3. The Morgan fingerprint density at radius 1 is 1.04 bits per heavy atom. The van der Waals surface area contributed by atoms with Crippen molar-refractivity contribution in [2.24, 2.45) is 0 Å². The van der Waals surface area contributed by atoms with Crippen molar-refractivity contribution < 1.29 is 0 Å². The molecule has 1 heterocycles. The third kappa shape index (κ3) is 5.44. The highest BCUT2D eigenvalue weighted by Crippen LogP contribution is 2.22. The number of aromatic nitrogens is 2. The first kappa shape index (κ1) is 18.2. The van der Waals surface area contributed by atoms with Gasteiger partial charge in [0.15, 0.2) is 10.9 Å². The lowest BCUT2D eigenvalue weighted by atomic mass is 10.2. The second-order valence-corrected chi connectivity index (χ2v) is 7.46. The molecule has 0 aliphatic carbocycles. The van der Waals surface area contributed by atoms with E-state index in [0.717, 1.165) is 10.0 Å². The maximum Gasteiger partial charge on any atom is 0.176 e. The lowest BCUT2D eigenvalue weighted by Crippen LogP contribution is -2.19. The molecule has 0 saturated carbocycles. The zero-order valence-electron chi connectivity index (χ0n) is 12.8. The Morgan fingerprint density at radius 3 is 2.40 bits per heavy atom. The first-order chi connectivity index (χ1) is 12.0. The summed E-state index contributed by atoms with van der Waals surface area (Å²) in [7, 11) is 0. The standard InChI is InChI=1S/C17H13BrCl2N4S/c18-12-3-1-11(2-4-12)10-24-6-5-16(23-24)22-17(25)21-15-8-13(19)7-14(20)9-15/h1-9H,10H2,(H2,21,22,23,25). The molecule has 0 aliphatic rings. The van der Waals surface area contributed by atoms with Crippen LogP contribution < -0.4 is 10.6 Å². The normalized spacial score (nSPS) is 10.5. The van der Waals surface area contributed by atoms with Gasteiger partial charge in [-0.15, -0.1) is 0 Å². The van der Waals surface area contributed by atoms with Crippen molar-refractivity contribution in [2.75, 3.05) is 10.6 Å². The molecule has 2 N–H and O–H groups in total. The number of benzene rings is 2. The van der Waals surface area contributed by atoms with E-state index in [-0.39, 0.29) is 0 Å². The van der Waals surface area contributed by atoms with Crippen LogP contribution in [0.3, 0.4) is 0 Å². The number of nitrogens with zero attached hydrogens (tertiary/aromatic N) is 2. The lowest BCUT2D eigenvalue weighted by Gasteiger charge is -2.09.